The van der Waals surface area contributed by atoms with Crippen LogP contribution in [-0.4, -0.2) is 22.4 Å². The lowest BCUT2D eigenvalue weighted by Crippen LogP contribution is -2.06. The Kier molecular flexibility index (Phi) is 15.4. The highest BCUT2D eigenvalue weighted by Gasteiger charge is 2.02. The maximum absolute atomic E-state index is 10.3. The largest absolute Gasteiger partial charge is 0.481 e. The van der Waals surface area contributed by atoms with Crippen LogP contribution in [0.5, 0.6) is 0 Å². The number of allylic oxidation sites excluding steroid dienone is 3. The van der Waals surface area contributed by atoms with Crippen molar-refractivity contribution in [2.75, 3.05) is 0 Å². The van der Waals surface area contributed by atoms with Crippen molar-refractivity contribution in [3.8, 4) is 0 Å². The molecule has 0 saturated carbocycles. The molecule has 4 heteroatoms. The number of hydrogen-bond donors (Lipinski definition) is 2. The molecule has 0 rings (SSSR count). The molecule has 0 bridgehead atoms. The first-order valence-electron chi connectivity index (χ1n) is 8.56. The minimum atomic E-state index is -0.699. The Labute approximate surface area is 134 Å². The number of rotatable bonds is 15. The Morgan fingerprint density at radius 2 is 1.77 bits per heavy atom. The topological polar surface area (TPSA) is 66.8 Å². The molecule has 0 amide bonds. The van der Waals surface area contributed by atoms with E-state index in [0.717, 1.165) is 64.2 Å². The van der Waals surface area contributed by atoms with Gasteiger partial charge in [0.05, 0.1) is 0 Å². The normalized spacial score (nSPS) is 13.2. The van der Waals surface area contributed by atoms with E-state index in [2.05, 4.69) is 17.9 Å². The highest BCUT2D eigenvalue weighted by atomic mass is 17.1. The van der Waals surface area contributed by atoms with Gasteiger partial charge in [-0.15, -0.1) is 0 Å². The Morgan fingerprint density at radius 3 is 2.45 bits per heavy atom. The summed E-state index contributed by atoms with van der Waals surface area (Å²) in [7, 11) is 0. The third-order valence-electron chi connectivity index (χ3n) is 3.56. The number of unbranched alkanes of at least 4 members (excludes halogenated alkanes) is 7. The summed E-state index contributed by atoms with van der Waals surface area (Å²) in [5.74, 6) is -0.699. The molecule has 0 aromatic carbocycles. The van der Waals surface area contributed by atoms with Crippen LogP contribution in [0.15, 0.2) is 24.3 Å². The van der Waals surface area contributed by atoms with Gasteiger partial charge in [-0.2, -0.15) is 0 Å². The maximum Gasteiger partial charge on any atom is 0.303 e. The zero-order chi connectivity index (χ0) is 16.5. The fraction of sp³-hybridized carbons (Fsp3) is 0.722. The van der Waals surface area contributed by atoms with Gasteiger partial charge in [-0.1, -0.05) is 69.8 Å². The lowest BCUT2D eigenvalue weighted by atomic mass is 10.1. The first-order valence-corrected chi connectivity index (χ1v) is 8.56. The van der Waals surface area contributed by atoms with Crippen molar-refractivity contribution in [3.63, 3.8) is 0 Å². The quantitative estimate of drug-likeness (QED) is 0.185. The van der Waals surface area contributed by atoms with Gasteiger partial charge in [0.2, 0.25) is 0 Å². The van der Waals surface area contributed by atoms with E-state index in [1.165, 1.54) is 0 Å². The van der Waals surface area contributed by atoms with Gasteiger partial charge < -0.3 is 5.11 Å². The van der Waals surface area contributed by atoms with E-state index < -0.39 is 5.97 Å². The summed E-state index contributed by atoms with van der Waals surface area (Å²) in [6.45, 7) is 2.15. The average molecular weight is 312 g/mol. The fourth-order valence-corrected chi connectivity index (χ4v) is 2.21. The molecule has 2 N–H and O–H groups in total. The standard InChI is InChI=1S/C18H32O4/c1-2-3-11-14-17(22-21)15-12-9-7-5-4-6-8-10-13-16-18(19)20/h7,9,12,15,17,21H,2-6,8,10-11,13-14,16H2,1H3,(H,19,20)/t17-/m0/s1. The summed E-state index contributed by atoms with van der Waals surface area (Å²) in [4.78, 5) is 14.8. The molecular weight excluding hydrogens is 280 g/mol. The highest BCUT2D eigenvalue weighted by molar-refractivity contribution is 5.66. The van der Waals surface area contributed by atoms with Gasteiger partial charge >= 0.3 is 5.97 Å². The first-order chi connectivity index (χ1) is 10.7. The Morgan fingerprint density at radius 1 is 1.05 bits per heavy atom. The molecule has 0 heterocycles. The molecule has 0 unspecified atom stereocenters. The van der Waals surface area contributed by atoms with E-state index >= 15 is 0 Å². The van der Waals surface area contributed by atoms with Crippen molar-refractivity contribution in [1.82, 2.24) is 0 Å². The Bertz CT molecular complexity index is 310. The Hall–Kier alpha value is -1.13. The van der Waals surface area contributed by atoms with E-state index in [9.17, 15) is 4.79 Å². The average Bonchev–Trinajstić information content (AvgIpc) is 2.50. The van der Waals surface area contributed by atoms with Crippen molar-refractivity contribution in [2.45, 2.75) is 83.7 Å². The third-order valence-corrected chi connectivity index (χ3v) is 3.56. The van der Waals surface area contributed by atoms with Crippen LogP contribution in [-0.2, 0) is 9.68 Å². The zero-order valence-electron chi connectivity index (χ0n) is 13.9. The van der Waals surface area contributed by atoms with Gasteiger partial charge in [-0.25, -0.2) is 4.89 Å². The van der Waals surface area contributed by atoms with Gasteiger partial charge in [-0.05, 0) is 25.7 Å². The lowest BCUT2D eigenvalue weighted by molar-refractivity contribution is -0.267. The van der Waals surface area contributed by atoms with Gasteiger partial charge in [0, 0.05) is 6.42 Å². The molecule has 0 aliphatic carbocycles. The minimum Gasteiger partial charge on any atom is -0.481 e. The van der Waals surface area contributed by atoms with Gasteiger partial charge in [0.25, 0.3) is 0 Å². The second-order valence-electron chi connectivity index (χ2n) is 5.65. The third kappa shape index (κ3) is 15.3. The van der Waals surface area contributed by atoms with Crippen LogP contribution in [0.2, 0.25) is 0 Å². The SMILES string of the molecule is CCCCC[C@@H](C=CC=CCCCCCCCC(=O)O)OO. The van der Waals surface area contributed by atoms with E-state index in [0.29, 0.717) is 0 Å². The number of hydrogen-bond acceptors (Lipinski definition) is 3. The van der Waals surface area contributed by atoms with Gasteiger partial charge in [0.1, 0.15) is 6.10 Å². The van der Waals surface area contributed by atoms with Crippen molar-refractivity contribution >= 4 is 5.97 Å². The summed E-state index contributed by atoms with van der Waals surface area (Å²) < 4.78 is 0. The van der Waals surface area contributed by atoms with Crippen LogP contribution in [0.3, 0.4) is 0 Å². The van der Waals surface area contributed by atoms with E-state index in [4.69, 9.17) is 10.4 Å². The minimum absolute atomic E-state index is 0.203. The van der Waals surface area contributed by atoms with Crippen molar-refractivity contribution in [1.29, 1.82) is 0 Å². The summed E-state index contributed by atoms with van der Waals surface area (Å²) in [5, 5.41) is 17.3. The zero-order valence-corrected chi connectivity index (χ0v) is 13.9. The second-order valence-corrected chi connectivity index (χ2v) is 5.65. The number of carboxylic acids is 1. The van der Waals surface area contributed by atoms with Crippen LogP contribution in [0.1, 0.15) is 77.6 Å². The van der Waals surface area contributed by atoms with Gasteiger partial charge in [0.15, 0.2) is 0 Å². The molecule has 0 aliphatic rings. The lowest BCUT2D eigenvalue weighted by Gasteiger charge is -2.07. The first kappa shape index (κ1) is 20.9. The van der Waals surface area contributed by atoms with Crippen LogP contribution < -0.4 is 0 Å². The van der Waals surface area contributed by atoms with Gasteiger partial charge in [-0.3, -0.25) is 10.1 Å². The summed E-state index contributed by atoms with van der Waals surface area (Å²) in [6.07, 6.45) is 18.5. The molecule has 0 aliphatic heterocycles. The predicted octanol–water partition coefficient (Wildman–Crippen LogP) is 5.35. The van der Waals surface area contributed by atoms with Crippen molar-refractivity contribution in [2.24, 2.45) is 0 Å². The van der Waals surface area contributed by atoms with Crippen molar-refractivity contribution in [3.05, 3.63) is 24.3 Å². The molecule has 0 aromatic rings. The molecule has 22 heavy (non-hydrogen) atoms. The number of carbonyl (C=O) groups is 1. The Balaban J connectivity index is 3.51. The molecule has 0 radical (unpaired) electrons. The molecule has 4 nitrogen and oxygen atoms in total. The number of carboxylic acid groups (broad SMARTS) is 1. The van der Waals surface area contributed by atoms with Crippen molar-refractivity contribution < 1.29 is 20.0 Å². The summed E-state index contributed by atoms with van der Waals surface area (Å²) in [6, 6.07) is 0. The molecule has 0 aromatic heterocycles. The van der Waals surface area contributed by atoms with E-state index in [-0.39, 0.29) is 12.5 Å². The molecule has 0 fully saturated rings. The molecule has 0 spiro atoms. The van der Waals surface area contributed by atoms with Crippen LogP contribution in [0.4, 0.5) is 0 Å². The van der Waals surface area contributed by atoms with Crippen LogP contribution in [0.25, 0.3) is 0 Å². The number of aliphatic carboxylic acids is 1. The summed E-state index contributed by atoms with van der Waals surface area (Å²) >= 11 is 0. The predicted molar refractivity (Wildman–Crippen MR) is 89.9 cm³/mol. The maximum atomic E-state index is 10.3. The summed E-state index contributed by atoms with van der Waals surface area (Å²) in [5.41, 5.74) is 0. The monoisotopic (exact) mass is 312 g/mol. The van der Waals surface area contributed by atoms with Crippen LogP contribution in [0, 0.1) is 0 Å². The van der Waals surface area contributed by atoms with E-state index in [1.807, 2.05) is 18.2 Å². The van der Waals surface area contributed by atoms with Crippen LogP contribution >= 0.6 is 0 Å². The smallest absolute Gasteiger partial charge is 0.303 e. The molecule has 1 atom stereocenters. The second kappa shape index (κ2) is 16.2. The molecule has 0 saturated heterocycles. The van der Waals surface area contributed by atoms with E-state index in [1.54, 1.807) is 0 Å². The highest BCUT2D eigenvalue weighted by Crippen LogP contribution is 2.09. The molecular formula is C18H32O4. The fourth-order valence-electron chi connectivity index (χ4n) is 2.21. The molecule has 128 valence electrons.